The second-order valence-electron chi connectivity index (χ2n) is 4.48. The van der Waals surface area contributed by atoms with Crippen LogP contribution < -0.4 is 10.1 Å². The van der Waals surface area contributed by atoms with E-state index in [-0.39, 0.29) is 28.4 Å². The second kappa shape index (κ2) is 6.87. The summed E-state index contributed by atoms with van der Waals surface area (Å²) in [6, 6.07) is 4.58. The first-order valence-corrected chi connectivity index (χ1v) is 6.95. The zero-order valence-corrected chi connectivity index (χ0v) is 12.9. The molecule has 0 saturated heterocycles. The van der Waals surface area contributed by atoms with Crippen LogP contribution in [0.3, 0.4) is 0 Å². The van der Waals surface area contributed by atoms with E-state index >= 15 is 0 Å². The van der Waals surface area contributed by atoms with Crippen LogP contribution in [-0.4, -0.2) is 21.1 Å². The van der Waals surface area contributed by atoms with E-state index in [9.17, 15) is 4.39 Å². The first-order valence-electron chi connectivity index (χ1n) is 6.20. The smallest absolute Gasteiger partial charge is 0.322 e. The van der Waals surface area contributed by atoms with Crippen molar-refractivity contribution < 1.29 is 9.13 Å². The highest BCUT2D eigenvalue weighted by Crippen LogP contribution is 2.17. The van der Waals surface area contributed by atoms with Crippen molar-refractivity contribution in [3.8, 4) is 6.01 Å². The fourth-order valence-corrected chi connectivity index (χ4v) is 1.86. The lowest BCUT2D eigenvalue weighted by molar-refractivity contribution is 0.222. The van der Waals surface area contributed by atoms with Crippen molar-refractivity contribution in [1.29, 1.82) is 0 Å². The van der Waals surface area contributed by atoms with E-state index in [1.54, 1.807) is 6.07 Å². The van der Waals surface area contributed by atoms with Crippen molar-refractivity contribution >= 4 is 29.2 Å². The van der Waals surface area contributed by atoms with E-state index in [4.69, 9.17) is 27.9 Å². The molecule has 1 aromatic carbocycles. The minimum Gasteiger partial charge on any atom is -0.461 e. The Morgan fingerprint density at radius 3 is 2.67 bits per heavy atom. The molecule has 0 unspecified atom stereocenters. The van der Waals surface area contributed by atoms with Gasteiger partial charge in [-0.15, -0.1) is 0 Å². The van der Waals surface area contributed by atoms with Crippen LogP contribution in [0.4, 0.5) is 10.3 Å². The van der Waals surface area contributed by atoms with Crippen LogP contribution in [0.2, 0.25) is 10.3 Å². The minimum atomic E-state index is -0.462. The Labute approximate surface area is 131 Å². The lowest BCUT2D eigenvalue weighted by Crippen LogP contribution is -2.11. The Morgan fingerprint density at radius 1 is 1.24 bits per heavy atom. The number of hydrogen-bond acceptors (Lipinski definition) is 5. The Morgan fingerprint density at radius 2 is 2.00 bits per heavy atom. The number of nitrogens with one attached hydrogen (secondary N) is 1. The highest BCUT2D eigenvalue weighted by atomic mass is 35.5. The van der Waals surface area contributed by atoms with Gasteiger partial charge in [-0.3, -0.25) is 0 Å². The van der Waals surface area contributed by atoms with Crippen LogP contribution in [0.5, 0.6) is 6.01 Å². The fraction of sp³-hybridized carbons (Fsp3) is 0.308. The molecule has 2 aromatic rings. The van der Waals surface area contributed by atoms with E-state index < -0.39 is 5.82 Å². The molecule has 0 spiro atoms. The molecule has 0 atom stereocenters. The fourth-order valence-electron chi connectivity index (χ4n) is 1.51. The van der Waals surface area contributed by atoms with Crippen molar-refractivity contribution in [1.82, 2.24) is 15.0 Å². The number of anilines is 1. The van der Waals surface area contributed by atoms with Gasteiger partial charge in [-0.2, -0.15) is 15.0 Å². The molecule has 0 radical (unpaired) electrons. The molecule has 112 valence electrons. The Hall–Kier alpha value is -1.66. The molecular weight excluding hydrogens is 318 g/mol. The van der Waals surface area contributed by atoms with Crippen LogP contribution in [-0.2, 0) is 6.54 Å². The molecule has 0 aliphatic heterocycles. The van der Waals surface area contributed by atoms with Crippen molar-refractivity contribution in [3.05, 3.63) is 39.9 Å². The maximum absolute atomic E-state index is 13.1. The van der Waals surface area contributed by atoms with Crippen LogP contribution in [0.1, 0.15) is 19.4 Å². The Balaban J connectivity index is 2.08. The van der Waals surface area contributed by atoms with Gasteiger partial charge in [0.2, 0.25) is 11.2 Å². The molecule has 8 heteroatoms. The zero-order chi connectivity index (χ0) is 15.4. The number of aromatic nitrogens is 3. The van der Waals surface area contributed by atoms with Gasteiger partial charge in [-0.05, 0) is 43.1 Å². The van der Waals surface area contributed by atoms with Gasteiger partial charge in [0, 0.05) is 6.54 Å². The first kappa shape index (κ1) is 15.7. The highest BCUT2D eigenvalue weighted by molar-refractivity contribution is 6.30. The van der Waals surface area contributed by atoms with Crippen LogP contribution in [0.15, 0.2) is 18.2 Å². The summed E-state index contributed by atoms with van der Waals surface area (Å²) in [6.07, 6.45) is -0.0766. The average molecular weight is 331 g/mol. The quantitative estimate of drug-likeness (QED) is 0.905. The molecule has 1 heterocycles. The second-order valence-corrected chi connectivity index (χ2v) is 5.22. The summed E-state index contributed by atoms with van der Waals surface area (Å²) in [7, 11) is 0. The predicted molar refractivity (Wildman–Crippen MR) is 79.3 cm³/mol. The van der Waals surface area contributed by atoms with E-state index in [2.05, 4.69) is 20.3 Å². The third-order valence-corrected chi connectivity index (χ3v) is 2.82. The number of benzene rings is 1. The number of hydrogen-bond donors (Lipinski definition) is 1. The van der Waals surface area contributed by atoms with Gasteiger partial charge in [-0.1, -0.05) is 17.7 Å². The van der Waals surface area contributed by atoms with Gasteiger partial charge < -0.3 is 10.1 Å². The predicted octanol–water partition coefficient (Wildman–Crippen LogP) is 3.72. The van der Waals surface area contributed by atoms with Gasteiger partial charge in [0.05, 0.1) is 11.1 Å². The maximum Gasteiger partial charge on any atom is 0.322 e. The Kier molecular flexibility index (Phi) is 5.14. The molecule has 0 bridgehead atoms. The normalized spacial score (nSPS) is 10.8. The third-order valence-electron chi connectivity index (χ3n) is 2.36. The molecule has 0 saturated carbocycles. The highest BCUT2D eigenvalue weighted by Gasteiger charge is 2.08. The molecule has 5 nitrogen and oxygen atoms in total. The number of ether oxygens (including phenoxy) is 1. The molecule has 2 rings (SSSR count). The average Bonchev–Trinajstić information content (AvgIpc) is 2.39. The Bertz CT molecular complexity index is 640. The van der Waals surface area contributed by atoms with Crippen molar-refractivity contribution in [2.75, 3.05) is 5.32 Å². The lowest BCUT2D eigenvalue weighted by atomic mass is 10.2. The van der Waals surface area contributed by atoms with E-state index in [0.717, 1.165) is 5.56 Å². The number of nitrogens with zero attached hydrogens (tertiary/aromatic N) is 3. The minimum absolute atomic E-state index is 0.0280. The summed E-state index contributed by atoms with van der Waals surface area (Å²) in [5, 5.41) is 3.04. The van der Waals surface area contributed by atoms with Crippen molar-refractivity contribution in [2.45, 2.75) is 26.5 Å². The maximum atomic E-state index is 13.1. The van der Waals surface area contributed by atoms with Gasteiger partial charge in [-0.25, -0.2) is 4.39 Å². The number of rotatable bonds is 5. The van der Waals surface area contributed by atoms with E-state index in [1.807, 2.05) is 13.8 Å². The third kappa shape index (κ3) is 4.68. The summed E-state index contributed by atoms with van der Waals surface area (Å²) in [4.78, 5) is 11.9. The van der Waals surface area contributed by atoms with Crippen LogP contribution in [0, 0.1) is 5.82 Å². The molecule has 1 N–H and O–H groups in total. The molecular formula is C13H13Cl2FN4O. The molecule has 0 fully saturated rings. The SMILES string of the molecule is CC(C)Oc1nc(Cl)nc(NCc2ccc(F)c(Cl)c2)n1. The van der Waals surface area contributed by atoms with Crippen LogP contribution >= 0.6 is 23.2 Å². The van der Waals surface area contributed by atoms with Gasteiger partial charge in [0.1, 0.15) is 5.82 Å². The number of halogens is 3. The van der Waals surface area contributed by atoms with Gasteiger partial charge in [0.25, 0.3) is 0 Å². The first-order chi connectivity index (χ1) is 9.94. The summed E-state index contributed by atoms with van der Waals surface area (Å²) >= 11 is 11.5. The van der Waals surface area contributed by atoms with Crippen LogP contribution in [0.25, 0.3) is 0 Å². The topological polar surface area (TPSA) is 59.9 Å². The molecule has 21 heavy (non-hydrogen) atoms. The molecule has 0 amide bonds. The van der Waals surface area contributed by atoms with E-state index in [0.29, 0.717) is 6.54 Å². The summed E-state index contributed by atoms with van der Waals surface area (Å²) in [6.45, 7) is 4.07. The van der Waals surface area contributed by atoms with Gasteiger partial charge in [0.15, 0.2) is 0 Å². The summed E-state index contributed by atoms with van der Waals surface area (Å²) in [5.74, 6) is -0.192. The van der Waals surface area contributed by atoms with E-state index in [1.165, 1.54) is 12.1 Å². The largest absolute Gasteiger partial charge is 0.461 e. The van der Waals surface area contributed by atoms with Crippen molar-refractivity contribution in [2.24, 2.45) is 0 Å². The lowest BCUT2D eigenvalue weighted by Gasteiger charge is -2.10. The molecule has 1 aromatic heterocycles. The molecule has 0 aliphatic carbocycles. The monoisotopic (exact) mass is 330 g/mol. The molecule has 0 aliphatic rings. The zero-order valence-electron chi connectivity index (χ0n) is 11.4. The standard InChI is InChI=1S/C13H13Cl2FN4O/c1-7(2)21-13-19-11(15)18-12(20-13)17-6-8-3-4-10(16)9(14)5-8/h3-5,7H,6H2,1-2H3,(H,17,18,19,20). The summed E-state index contributed by atoms with van der Waals surface area (Å²) < 4.78 is 18.4. The summed E-state index contributed by atoms with van der Waals surface area (Å²) in [5.41, 5.74) is 0.782. The van der Waals surface area contributed by atoms with Crippen molar-refractivity contribution in [3.63, 3.8) is 0 Å². The van der Waals surface area contributed by atoms with Gasteiger partial charge >= 0.3 is 6.01 Å².